The molecule has 0 saturated carbocycles. The summed E-state index contributed by atoms with van der Waals surface area (Å²) in [7, 11) is -2.43. The van der Waals surface area contributed by atoms with Gasteiger partial charge >= 0.3 is 0 Å². The highest BCUT2D eigenvalue weighted by atomic mass is 35.5. The van der Waals surface area contributed by atoms with E-state index in [0.29, 0.717) is 70.1 Å². The van der Waals surface area contributed by atoms with Gasteiger partial charge in [0.2, 0.25) is 10.3 Å². The number of hydrogen-bond donors (Lipinski definition) is 1. The highest BCUT2D eigenvalue weighted by Crippen LogP contribution is 2.41. The Morgan fingerprint density at radius 3 is 2.67 bits per heavy atom. The summed E-state index contributed by atoms with van der Waals surface area (Å²) >= 11 is 6.52. The molecule has 3 aromatic carbocycles. The van der Waals surface area contributed by atoms with Crippen molar-refractivity contribution in [1.82, 2.24) is 19.9 Å². The molecule has 3 heterocycles. The minimum absolute atomic E-state index is 0.141. The Labute approximate surface area is 282 Å². The number of halogens is 3. The van der Waals surface area contributed by atoms with Crippen LogP contribution in [0.4, 0.5) is 20.3 Å². The largest absolute Gasteiger partial charge is 0.490 e. The molecule has 9 nitrogen and oxygen atoms in total. The summed E-state index contributed by atoms with van der Waals surface area (Å²) in [6, 6.07) is 19.8. The molecule has 13 heteroatoms. The first-order valence-corrected chi connectivity index (χ1v) is 16.6. The standard InChI is InChI=1S/C35H30ClF2N5O4S/c36-30-18-27(8-9-33(30)46-21-24-5-3-6-25(37)17-24)42-34-28-19-29(31(38)20-32(28)40-22-41-34)35(11-4-16-47-35)12-15-43(23-48(44)45)14-10-26-7-1-2-13-39-26/h1-9,13,16-20,22-23H,10-12,14-15,21H2,(H,40,41,42). The second-order valence-corrected chi connectivity index (χ2v) is 12.3. The van der Waals surface area contributed by atoms with Crippen LogP contribution >= 0.6 is 11.6 Å². The van der Waals surface area contributed by atoms with Crippen LogP contribution in [0, 0.1) is 11.6 Å². The molecule has 0 bridgehead atoms. The van der Waals surface area contributed by atoms with Crippen molar-refractivity contribution in [3.8, 4) is 5.75 Å². The minimum Gasteiger partial charge on any atom is -0.490 e. The van der Waals surface area contributed by atoms with E-state index in [1.54, 1.807) is 47.5 Å². The lowest BCUT2D eigenvalue weighted by Crippen LogP contribution is -2.34. The van der Waals surface area contributed by atoms with Crippen LogP contribution in [0.25, 0.3) is 10.9 Å². The molecule has 1 unspecified atom stereocenters. The van der Waals surface area contributed by atoms with Crippen molar-refractivity contribution < 1.29 is 26.7 Å². The zero-order valence-electron chi connectivity index (χ0n) is 25.5. The fourth-order valence-corrected chi connectivity index (χ4v) is 6.24. The van der Waals surface area contributed by atoms with Crippen LogP contribution in [-0.4, -0.2) is 46.9 Å². The molecular formula is C35H30ClF2N5O4S. The molecular weight excluding hydrogens is 660 g/mol. The smallest absolute Gasteiger partial charge is 0.225 e. The van der Waals surface area contributed by atoms with Crippen molar-refractivity contribution in [2.45, 2.75) is 31.5 Å². The zero-order valence-corrected chi connectivity index (χ0v) is 27.1. The molecule has 6 rings (SSSR count). The van der Waals surface area contributed by atoms with Crippen molar-refractivity contribution in [3.63, 3.8) is 0 Å². The van der Waals surface area contributed by atoms with Crippen LogP contribution in [0.1, 0.15) is 29.7 Å². The van der Waals surface area contributed by atoms with E-state index in [1.807, 2.05) is 24.3 Å². The fraction of sp³-hybridized carbons (Fsp3) is 0.200. The van der Waals surface area contributed by atoms with E-state index in [-0.39, 0.29) is 19.0 Å². The molecule has 0 saturated heterocycles. The van der Waals surface area contributed by atoms with Gasteiger partial charge in [-0.1, -0.05) is 29.8 Å². The Balaban J connectivity index is 1.23. The van der Waals surface area contributed by atoms with Gasteiger partial charge in [-0.15, -0.1) is 0 Å². The lowest BCUT2D eigenvalue weighted by Gasteiger charge is -2.32. The Kier molecular flexibility index (Phi) is 10.2. The third kappa shape index (κ3) is 7.96. The van der Waals surface area contributed by atoms with Crippen LogP contribution in [0.3, 0.4) is 0 Å². The van der Waals surface area contributed by atoms with Gasteiger partial charge in [0.15, 0.2) is 0 Å². The summed E-state index contributed by atoms with van der Waals surface area (Å²) in [5.41, 5.74) is 2.81. The van der Waals surface area contributed by atoms with Gasteiger partial charge in [0.05, 0.1) is 16.8 Å². The Morgan fingerprint density at radius 1 is 1.02 bits per heavy atom. The van der Waals surface area contributed by atoms with E-state index in [2.05, 4.69) is 20.3 Å². The maximum atomic E-state index is 15.8. The molecule has 0 radical (unpaired) electrons. The van der Waals surface area contributed by atoms with Crippen LogP contribution in [0.5, 0.6) is 5.75 Å². The predicted octanol–water partition coefficient (Wildman–Crippen LogP) is 6.98. The second kappa shape index (κ2) is 14.9. The summed E-state index contributed by atoms with van der Waals surface area (Å²) in [4.78, 5) is 14.7. The number of aromatic nitrogens is 3. The van der Waals surface area contributed by atoms with E-state index in [1.165, 1.54) is 30.8 Å². The summed E-state index contributed by atoms with van der Waals surface area (Å²) in [5, 5.41) is 4.12. The molecule has 5 aromatic rings. The normalized spacial score (nSPS) is 15.4. The summed E-state index contributed by atoms with van der Waals surface area (Å²) < 4.78 is 64.5. The summed E-state index contributed by atoms with van der Waals surface area (Å²) in [5.74, 6) is -0.0186. The highest BCUT2D eigenvalue weighted by molar-refractivity contribution is 7.71. The van der Waals surface area contributed by atoms with Crippen molar-refractivity contribution >= 4 is 49.8 Å². The topological polar surface area (TPSA) is 107 Å². The maximum absolute atomic E-state index is 15.8. The van der Waals surface area contributed by atoms with Crippen molar-refractivity contribution in [1.29, 1.82) is 0 Å². The molecule has 1 N–H and O–H groups in total. The number of anilines is 2. The summed E-state index contributed by atoms with van der Waals surface area (Å²) in [6.07, 6.45) is 7.59. The quantitative estimate of drug-likeness (QED) is 0.131. The van der Waals surface area contributed by atoms with Crippen LogP contribution < -0.4 is 10.1 Å². The maximum Gasteiger partial charge on any atom is 0.225 e. The first kappa shape index (κ1) is 33.0. The molecule has 48 heavy (non-hydrogen) atoms. The first-order chi connectivity index (χ1) is 23.3. The number of hydrogen-bond acceptors (Lipinski definition) is 8. The van der Waals surface area contributed by atoms with Gasteiger partial charge in [-0.2, -0.15) is 8.42 Å². The number of rotatable bonds is 13. The van der Waals surface area contributed by atoms with Gasteiger partial charge in [-0.25, -0.2) is 18.7 Å². The first-order valence-electron chi connectivity index (χ1n) is 15.1. The van der Waals surface area contributed by atoms with E-state index in [0.717, 1.165) is 11.2 Å². The van der Waals surface area contributed by atoms with Crippen molar-refractivity contribution in [2.75, 3.05) is 18.4 Å². The number of pyridine rings is 1. The molecule has 1 atom stereocenters. The third-order valence-corrected chi connectivity index (χ3v) is 8.72. The molecule has 0 spiro atoms. The minimum atomic E-state index is -2.43. The lowest BCUT2D eigenvalue weighted by atomic mass is 9.86. The number of benzene rings is 3. The molecule has 0 aliphatic carbocycles. The molecule has 1 aliphatic heterocycles. The van der Waals surface area contributed by atoms with E-state index in [4.69, 9.17) is 21.1 Å². The SMILES string of the molecule is O=S(=O)=CN(CCc1ccccn1)CCC1(c2cc3c(Nc4ccc(OCc5cccc(F)c5)c(Cl)c4)ncnc3cc2F)CC=CO1. The molecule has 0 amide bonds. The number of fused-ring (bicyclic) bond motifs is 1. The predicted molar refractivity (Wildman–Crippen MR) is 181 cm³/mol. The van der Waals surface area contributed by atoms with Gasteiger partial charge in [0.25, 0.3) is 0 Å². The van der Waals surface area contributed by atoms with Crippen LogP contribution in [0.15, 0.2) is 97.7 Å². The van der Waals surface area contributed by atoms with Gasteiger partial charge < -0.3 is 14.8 Å². The zero-order chi connectivity index (χ0) is 33.5. The Hall–Kier alpha value is -4.91. The van der Waals surface area contributed by atoms with E-state index in [9.17, 15) is 12.8 Å². The van der Waals surface area contributed by atoms with E-state index < -0.39 is 21.7 Å². The van der Waals surface area contributed by atoms with Crippen LogP contribution in [0.2, 0.25) is 5.02 Å². The third-order valence-electron chi connectivity index (χ3n) is 7.95. The van der Waals surface area contributed by atoms with Gasteiger partial charge in [-0.3, -0.25) is 9.88 Å². The van der Waals surface area contributed by atoms with Crippen LogP contribution in [-0.2, 0) is 33.7 Å². The van der Waals surface area contributed by atoms with E-state index >= 15 is 4.39 Å². The monoisotopic (exact) mass is 689 g/mol. The van der Waals surface area contributed by atoms with Gasteiger partial charge in [0, 0.05) is 66.9 Å². The van der Waals surface area contributed by atoms with Gasteiger partial charge in [0.1, 0.15) is 47.2 Å². The number of nitrogens with one attached hydrogen (secondary N) is 1. The molecule has 2 aromatic heterocycles. The second-order valence-electron chi connectivity index (χ2n) is 11.2. The average Bonchev–Trinajstić information content (AvgIpc) is 3.56. The highest BCUT2D eigenvalue weighted by Gasteiger charge is 2.38. The fourth-order valence-electron chi connectivity index (χ4n) is 5.55. The molecule has 1 aliphatic rings. The lowest BCUT2D eigenvalue weighted by molar-refractivity contribution is 0.0245. The van der Waals surface area contributed by atoms with Gasteiger partial charge in [-0.05, 0) is 60.2 Å². The Morgan fingerprint density at radius 2 is 1.92 bits per heavy atom. The Bertz CT molecular complexity index is 2080. The average molecular weight is 690 g/mol. The molecule has 0 fully saturated rings. The summed E-state index contributed by atoms with van der Waals surface area (Å²) in [6.45, 7) is 0.818. The van der Waals surface area contributed by atoms with Crippen molar-refractivity contribution in [3.05, 3.63) is 131 Å². The molecule has 246 valence electrons. The number of ether oxygens (including phenoxy) is 2. The number of nitrogens with zero attached hydrogens (tertiary/aromatic N) is 4. The van der Waals surface area contributed by atoms with Crippen molar-refractivity contribution in [2.24, 2.45) is 0 Å².